The lowest BCUT2D eigenvalue weighted by molar-refractivity contribution is 0.154. The molecule has 0 rings (SSSR count). The van der Waals surface area contributed by atoms with Gasteiger partial charge in [0.15, 0.2) is 0 Å². The van der Waals surface area contributed by atoms with Crippen molar-refractivity contribution in [2.24, 2.45) is 0 Å². The van der Waals surface area contributed by atoms with Gasteiger partial charge in [-0.15, -0.1) is 0 Å². The Morgan fingerprint density at radius 2 is 1.57 bits per heavy atom. The Hall–Kier alpha value is -0.160. The van der Waals surface area contributed by atoms with Gasteiger partial charge in [-0.05, 0) is 48.1 Å². The standard InChI is InChI=1S/2C5H13NO/c1-5(7)4-6(2)3;1-6(2)4-3-5-7/h5,7H,4H2,1-3H3;7H,3-5H2,1-2H3. The number of nitrogens with zero attached hydrogens (tertiary/aromatic N) is 2. The third kappa shape index (κ3) is 22.6. The Morgan fingerprint density at radius 3 is 1.64 bits per heavy atom. The summed E-state index contributed by atoms with van der Waals surface area (Å²) in [5.41, 5.74) is 0. The molecular weight excluding hydrogens is 180 g/mol. The Balaban J connectivity index is 0. The first-order chi connectivity index (χ1) is 6.40. The summed E-state index contributed by atoms with van der Waals surface area (Å²) in [5.74, 6) is 0. The highest BCUT2D eigenvalue weighted by molar-refractivity contribution is 4.48. The molecule has 0 fully saturated rings. The van der Waals surface area contributed by atoms with Gasteiger partial charge in [0, 0.05) is 13.2 Å². The van der Waals surface area contributed by atoms with Crippen molar-refractivity contribution in [3.8, 4) is 0 Å². The van der Waals surface area contributed by atoms with Crippen LogP contribution in [-0.2, 0) is 0 Å². The number of rotatable bonds is 5. The topological polar surface area (TPSA) is 46.9 Å². The lowest BCUT2D eigenvalue weighted by Gasteiger charge is -2.10. The predicted molar refractivity (Wildman–Crippen MR) is 60.5 cm³/mol. The Kier molecular flexibility index (Phi) is 12.7. The van der Waals surface area contributed by atoms with Gasteiger partial charge in [0.25, 0.3) is 0 Å². The van der Waals surface area contributed by atoms with Crippen LogP contribution >= 0.6 is 0 Å². The highest BCUT2D eigenvalue weighted by atomic mass is 16.3. The monoisotopic (exact) mass is 206 g/mol. The predicted octanol–water partition coefficient (Wildman–Crippen LogP) is -0.141. The largest absolute Gasteiger partial charge is 0.396 e. The summed E-state index contributed by atoms with van der Waals surface area (Å²) in [6.45, 7) is 3.81. The molecule has 0 heterocycles. The van der Waals surface area contributed by atoms with Crippen molar-refractivity contribution < 1.29 is 10.2 Å². The molecule has 0 saturated carbocycles. The van der Waals surface area contributed by atoms with E-state index in [9.17, 15) is 0 Å². The van der Waals surface area contributed by atoms with Crippen LogP contribution in [0.3, 0.4) is 0 Å². The first kappa shape index (κ1) is 16.3. The first-order valence-corrected chi connectivity index (χ1v) is 4.98. The van der Waals surface area contributed by atoms with Gasteiger partial charge in [-0.2, -0.15) is 0 Å². The number of aliphatic hydroxyl groups is 2. The maximum absolute atomic E-state index is 8.68. The van der Waals surface area contributed by atoms with E-state index < -0.39 is 0 Å². The van der Waals surface area contributed by atoms with Crippen LogP contribution in [0.15, 0.2) is 0 Å². The van der Waals surface area contributed by atoms with E-state index >= 15 is 0 Å². The SMILES string of the molecule is CC(O)CN(C)C.CN(C)CCCO. The zero-order chi connectivity index (χ0) is 11.6. The number of hydrogen-bond donors (Lipinski definition) is 2. The van der Waals surface area contributed by atoms with Crippen molar-refractivity contribution in [2.45, 2.75) is 19.4 Å². The van der Waals surface area contributed by atoms with Gasteiger partial charge in [0.1, 0.15) is 0 Å². The lowest BCUT2D eigenvalue weighted by Crippen LogP contribution is -2.22. The zero-order valence-corrected chi connectivity index (χ0v) is 10.2. The molecule has 0 aromatic heterocycles. The van der Waals surface area contributed by atoms with E-state index in [2.05, 4.69) is 4.90 Å². The fraction of sp³-hybridized carbons (Fsp3) is 1.00. The summed E-state index contributed by atoms with van der Waals surface area (Å²) in [5, 5.41) is 17.0. The normalized spacial score (nSPS) is 12.6. The van der Waals surface area contributed by atoms with Gasteiger partial charge in [-0.3, -0.25) is 0 Å². The summed E-state index contributed by atoms with van der Waals surface area (Å²) in [6.07, 6.45) is 0.683. The van der Waals surface area contributed by atoms with Crippen LogP contribution in [0.5, 0.6) is 0 Å². The van der Waals surface area contributed by atoms with Crippen LogP contribution in [-0.4, -0.2) is 74.0 Å². The van der Waals surface area contributed by atoms with Crippen LogP contribution in [0.2, 0.25) is 0 Å². The minimum Gasteiger partial charge on any atom is -0.396 e. The highest BCUT2D eigenvalue weighted by Gasteiger charge is 1.93. The van der Waals surface area contributed by atoms with Crippen LogP contribution in [0.25, 0.3) is 0 Å². The summed E-state index contributed by atoms with van der Waals surface area (Å²) in [6, 6.07) is 0. The first-order valence-electron chi connectivity index (χ1n) is 4.98. The Bertz CT molecular complexity index is 100. The van der Waals surface area contributed by atoms with Gasteiger partial charge < -0.3 is 20.0 Å². The van der Waals surface area contributed by atoms with E-state index in [4.69, 9.17) is 10.2 Å². The third-order valence-electron chi connectivity index (χ3n) is 1.39. The summed E-state index contributed by atoms with van der Waals surface area (Å²) < 4.78 is 0. The van der Waals surface area contributed by atoms with Crippen molar-refractivity contribution in [3.63, 3.8) is 0 Å². The highest BCUT2D eigenvalue weighted by Crippen LogP contribution is 1.80. The van der Waals surface area contributed by atoms with Crippen molar-refractivity contribution in [2.75, 3.05) is 47.9 Å². The second-order valence-electron chi connectivity index (χ2n) is 3.99. The zero-order valence-electron chi connectivity index (χ0n) is 10.2. The Morgan fingerprint density at radius 1 is 1.07 bits per heavy atom. The second-order valence-corrected chi connectivity index (χ2v) is 3.99. The van der Waals surface area contributed by atoms with Gasteiger partial charge in [-0.1, -0.05) is 0 Å². The minimum atomic E-state index is -0.199. The molecule has 0 aromatic rings. The fourth-order valence-corrected chi connectivity index (χ4v) is 0.915. The summed E-state index contributed by atoms with van der Waals surface area (Å²) in [4.78, 5) is 4.00. The fourth-order valence-electron chi connectivity index (χ4n) is 0.915. The minimum absolute atomic E-state index is 0.199. The lowest BCUT2D eigenvalue weighted by atomic mass is 10.4. The van der Waals surface area contributed by atoms with E-state index in [1.807, 2.05) is 33.1 Å². The molecule has 0 amide bonds. The van der Waals surface area contributed by atoms with E-state index in [0.29, 0.717) is 6.61 Å². The Labute approximate surface area is 88.1 Å². The molecule has 4 nitrogen and oxygen atoms in total. The molecule has 0 bridgehead atoms. The molecule has 4 heteroatoms. The van der Waals surface area contributed by atoms with Crippen LogP contribution in [0.1, 0.15) is 13.3 Å². The second kappa shape index (κ2) is 10.9. The molecule has 1 unspecified atom stereocenters. The molecule has 0 aliphatic rings. The quantitative estimate of drug-likeness (QED) is 0.657. The maximum atomic E-state index is 8.68. The summed E-state index contributed by atoms with van der Waals surface area (Å²) in [7, 11) is 7.87. The molecule has 2 N–H and O–H groups in total. The molecule has 0 aromatic carbocycles. The molecule has 0 saturated heterocycles. The van der Waals surface area contributed by atoms with Gasteiger partial charge in [-0.25, -0.2) is 0 Å². The van der Waals surface area contributed by atoms with Crippen molar-refractivity contribution in [1.29, 1.82) is 0 Å². The molecule has 0 spiro atoms. The third-order valence-corrected chi connectivity index (χ3v) is 1.39. The number of hydrogen-bond acceptors (Lipinski definition) is 4. The number of likely N-dealkylation sites (N-methyl/N-ethyl adjacent to an activating group) is 1. The summed E-state index contributed by atoms with van der Waals surface area (Å²) >= 11 is 0. The van der Waals surface area contributed by atoms with E-state index in [-0.39, 0.29) is 6.10 Å². The van der Waals surface area contributed by atoms with Crippen LogP contribution < -0.4 is 0 Å². The smallest absolute Gasteiger partial charge is 0.0638 e. The van der Waals surface area contributed by atoms with Crippen LogP contribution in [0, 0.1) is 0 Å². The van der Waals surface area contributed by atoms with Crippen molar-refractivity contribution in [1.82, 2.24) is 9.80 Å². The maximum Gasteiger partial charge on any atom is 0.0638 e. The van der Waals surface area contributed by atoms with Gasteiger partial charge in [0.05, 0.1) is 6.10 Å². The molecule has 1 atom stereocenters. The molecule has 14 heavy (non-hydrogen) atoms. The average Bonchev–Trinajstić information content (AvgIpc) is 1.99. The molecule has 88 valence electrons. The molecule has 0 radical (unpaired) electrons. The van der Waals surface area contributed by atoms with E-state index in [1.54, 1.807) is 6.92 Å². The van der Waals surface area contributed by atoms with Crippen molar-refractivity contribution in [3.05, 3.63) is 0 Å². The number of aliphatic hydroxyl groups excluding tert-OH is 2. The van der Waals surface area contributed by atoms with Gasteiger partial charge >= 0.3 is 0 Å². The molecular formula is C10H26N2O2. The van der Waals surface area contributed by atoms with Crippen LogP contribution in [0.4, 0.5) is 0 Å². The van der Waals surface area contributed by atoms with E-state index in [1.165, 1.54) is 0 Å². The van der Waals surface area contributed by atoms with Gasteiger partial charge in [0.2, 0.25) is 0 Å². The molecule has 0 aliphatic heterocycles. The molecule has 0 aliphatic carbocycles. The average molecular weight is 206 g/mol. The van der Waals surface area contributed by atoms with E-state index in [0.717, 1.165) is 19.5 Å². The van der Waals surface area contributed by atoms with Crippen molar-refractivity contribution >= 4 is 0 Å².